The zero-order chi connectivity index (χ0) is 16.9. The number of hydrogen-bond acceptors (Lipinski definition) is 4. The second kappa shape index (κ2) is 5.55. The molecule has 0 bridgehead atoms. The molecule has 24 heavy (non-hydrogen) atoms. The highest BCUT2D eigenvalue weighted by molar-refractivity contribution is 9.10. The molecule has 5 nitrogen and oxygen atoms in total. The molecule has 1 aliphatic heterocycles. The molecule has 0 atom stereocenters. The summed E-state index contributed by atoms with van der Waals surface area (Å²) in [5, 5.41) is 13.4. The SMILES string of the molecule is CC(C)(C)c1nnc2ccc(N3CCc4cc(Br)ccc4C3)nn12. The predicted octanol–water partition coefficient (Wildman–Crippen LogP) is 3.75. The van der Waals surface area contributed by atoms with Gasteiger partial charge in [0, 0.05) is 23.0 Å². The average molecular weight is 386 g/mol. The van der Waals surface area contributed by atoms with E-state index in [9.17, 15) is 0 Å². The molecular weight excluding hydrogens is 366 g/mol. The summed E-state index contributed by atoms with van der Waals surface area (Å²) < 4.78 is 3.03. The molecule has 1 aliphatic rings. The summed E-state index contributed by atoms with van der Waals surface area (Å²) in [5.41, 5.74) is 3.49. The number of hydrogen-bond donors (Lipinski definition) is 0. The van der Waals surface area contributed by atoms with Crippen LogP contribution in [0.25, 0.3) is 5.65 Å². The standard InChI is InChI=1S/C18H20BrN5/c1-18(2,3)17-21-20-15-6-7-16(22-24(15)17)23-9-8-12-10-14(19)5-4-13(12)11-23/h4-7,10H,8-9,11H2,1-3H3. The van der Waals surface area contributed by atoms with Crippen LogP contribution >= 0.6 is 15.9 Å². The van der Waals surface area contributed by atoms with Gasteiger partial charge in [0.05, 0.1) is 0 Å². The molecular formula is C18H20BrN5. The third-order valence-electron chi connectivity index (χ3n) is 4.42. The predicted molar refractivity (Wildman–Crippen MR) is 98.4 cm³/mol. The van der Waals surface area contributed by atoms with E-state index in [0.29, 0.717) is 0 Å². The van der Waals surface area contributed by atoms with Crippen LogP contribution in [0.15, 0.2) is 34.8 Å². The van der Waals surface area contributed by atoms with E-state index >= 15 is 0 Å². The summed E-state index contributed by atoms with van der Waals surface area (Å²) in [5.74, 6) is 1.86. The van der Waals surface area contributed by atoms with Crippen LogP contribution in [0, 0.1) is 0 Å². The Morgan fingerprint density at radius 3 is 2.67 bits per heavy atom. The Bertz CT molecular complexity index is 909. The normalized spacial score (nSPS) is 14.9. The summed E-state index contributed by atoms with van der Waals surface area (Å²) in [6, 6.07) is 10.6. The van der Waals surface area contributed by atoms with Gasteiger partial charge in [-0.25, -0.2) is 0 Å². The van der Waals surface area contributed by atoms with Gasteiger partial charge in [0.1, 0.15) is 5.82 Å². The molecule has 0 spiro atoms. The molecule has 0 saturated heterocycles. The number of anilines is 1. The minimum absolute atomic E-state index is 0.0915. The monoisotopic (exact) mass is 385 g/mol. The first-order valence-corrected chi connectivity index (χ1v) is 8.96. The molecule has 1 aromatic carbocycles. The van der Waals surface area contributed by atoms with Gasteiger partial charge in [0.2, 0.25) is 0 Å². The highest BCUT2D eigenvalue weighted by atomic mass is 79.9. The van der Waals surface area contributed by atoms with E-state index in [-0.39, 0.29) is 5.41 Å². The van der Waals surface area contributed by atoms with Crippen molar-refractivity contribution in [2.75, 3.05) is 11.4 Å². The molecule has 124 valence electrons. The number of rotatable bonds is 1. The summed E-state index contributed by atoms with van der Waals surface area (Å²) in [4.78, 5) is 2.32. The van der Waals surface area contributed by atoms with Crippen LogP contribution in [-0.2, 0) is 18.4 Å². The zero-order valence-corrected chi connectivity index (χ0v) is 15.7. The van der Waals surface area contributed by atoms with Crippen molar-refractivity contribution in [2.24, 2.45) is 0 Å². The van der Waals surface area contributed by atoms with E-state index in [2.05, 4.69) is 70.0 Å². The van der Waals surface area contributed by atoms with Crippen LogP contribution in [0.1, 0.15) is 37.7 Å². The van der Waals surface area contributed by atoms with Crippen LogP contribution in [0.4, 0.5) is 5.82 Å². The topological polar surface area (TPSA) is 46.3 Å². The molecule has 0 aliphatic carbocycles. The second-order valence-electron chi connectivity index (χ2n) is 7.32. The van der Waals surface area contributed by atoms with Crippen molar-refractivity contribution in [3.8, 4) is 0 Å². The lowest BCUT2D eigenvalue weighted by molar-refractivity contribution is 0.525. The Labute approximate surface area is 149 Å². The van der Waals surface area contributed by atoms with Gasteiger partial charge in [-0.05, 0) is 41.8 Å². The minimum atomic E-state index is -0.0915. The highest BCUT2D eigenvalue weighted by Gasteiger charge is 2.23. The third-order valence-corrected chi connectivity index (χ3v) is 4.92. The minimum Gasteiger partial charge on any atom is -0.351 e. The van der Waals surface area contributed by atoms with Gasteiger partial charge in [-0.1, -0.05) is 42.8 Å². The fourth-order valence-corrected chi connectivity index (χ4v) is 3.54. The Kier molecular flexibility index (Phi) is 3.60. The maximum atomic E-state index is 4.82. The first-order valence-electron chi connectivity index (χ1n) is 8.17. The van der Waals surface area contributed by atoms with E-state index in [1.165, 1.54) is 11.1 Å². The second-order valence-corrected chi connectivity index (χ2v) is 8.24. The molecule has 6 heteroatoms. The van der Waals surface area contributed by atoms with Crippen LogP contribution in [0.2, 0.25) is 0 Å². The number of nitrogens with zero attached hydrogens (tertiary/aromatic N) is 5. The number of aromatic nitrogens is 4. The van der Waals surface area contributed by atoms with Crippen molar-refractivity contribution in [1.29, 1.82) is 0 Å². The fraction of sp³-hybridized carbons (Fsp3) is 0.389. The fourth-order valence-electron chi connectivity index (χ4n) is 3.13. The molecule has 0 radical (unpaired) electrons. The van der Waals surface area contributed by atoms with Crippen LogP contribution in [0.3, 0.4) is 0 Å². The molecule has 3 aromatic rings. The summed E-state index contributed by atoms with van der Waals surface area (Å²) in [6.45, 7) is 8.25. The maximum absolute atomic E-state index is 4.82. The lowest BCUT2D eigenvalue weighted by atomic mass is 9.96. The van der Waals surface area contributed by atoms with E-state index in [1.807, 2.05) is 16.6 Å². The molecule has 3 heterocycles. The average Bonchev–Trinajstić information content (AvgIpc) is 2.97. The van der Waals surface area contributed by atoms with Gasteiger partial charge in [-0.15, -0.1) is 15.3 Å². The molecule has 0 fully saturated rings. The first-order chi connectivity index (χ1) is 11.4. The molecule has 0 N–H and O–H groups in total. The van der Waals surface area contributed by atoms with Gasteiger partial charge in [-0.3, -0.25) is 0 Å². The molecule has 2 aromatic heterocycles. The van der Waals surface area contributed by atoms with Crippen molar-refractivity contribution in [3.05, 3.63) is 51.8 Å². The van der Waals surface area contributed by atoms with Crippen LogP contribution in [-0.4, -0.2) is 26.4 Å². The van der Waals surface area contributed by atoms with Crippen molar-refractivity contribution in [3.63, 3.8) is 0 Å². The van der Waals surface area contributed by atoms with Crippen LogP contribution < -0.4 is 4.90 Å². The van der Waals surface area contributed by atoms with Gasteiger partial charge in [0.25, 0.3) is 0 Å². The highest BCUT2D eigenvalue weighted by Crippen LogP contribution is 2.27. The number of fused-ring (bicyclic) bond motifs is 2. The first kappa shape index (κ1) is 15.6. The van der Waals surface area contributed by atoms with Crippen molar-refractivity contribution >= 4 is 27.4 Å². The Morgan fingerprint density at radius 2 is 1.88 bits per heavy atom. The van der Waals surface area contributed by atoms with Crippen molar-refractivity contribution in [1.82, 2.24) is 19.8 Å². The lowest BCUT2D eigenvalue weighted by Gasteiger charge is -2.30. The molecule has 0 unspecified atom stereocenters. The van der Waals surface area contributed by atoms with Gasteiger partial charge in [0.15, 0.2) is 11.5 Å². The smallest absolute Gasteiger partial charge is 0.178 e. The quantitative estimate of drug-likeness (QED) is 0.639. The molecule has 0 amide bonds. The van der Waals surface area contributed by atoms with Crippen LogP contribution in [0.5, 0.6) is 0 Å². The lowest BCUT2D eigenvalue weighted by Crippen LogP contribution is -2.31. The summed E-state index contributed by atoms with van der Waals surface area (Å²) in [7, 11) is 0. The van der Waals surface area contributed by atoms with E-state index in [4.69, 9.17) is 5.10 Å². The van der Waals surface area contributed by atoms with E-state index < -0.39 is 0 Å². The summed E-state index contributed by atoms with van der Waals surface area (Å²) >= 11 is 3.56. The molecule has 4 rings (SSSR count). The van der Waals surface area contributed by atoms with Gasteiger partial charge < -0.3 is 4.90 Å². The summed E-state index contributed by atoms with van der Waals surface area (Å²) in [6.07, 6.45) is 1.03. The number of halogens is 1. The Hall–Kier alpha value is -1.95. The van der Waals surface area contributed by atoms with Crippen molar-refractivity contribution < 1.29 is 0 Å². The maximum Gasteiger partial charge on any atom is 0.178 e. The van der Waals surface area contributed by atoms with E-state index in [1.54, 1.807) is 0 Å². The van der Waals surface area contributed by atoms with Crippen molar-refractivity contribution in [2.45, 2.75) is 39.2 Å². The van der Waals surface area contributed by atoms with Gasteiger partial charge >= 0.3 is 0 Å². The Morgan fingerprint density at radius 1 is 1.04 bits per heavy atom. The van der Waals surface area contributed by atoms with Gasteiger partial charge in [-0.2, -0.15) is 4.52 Å². The largest absolute Gasteiger partial charge is 0.351 e. The third kappa shape index (κ3) is 2.69. The van der Waals surface area contributed by atoms with E-state index in [0.717, 1.165) is 41.3 Å². The molecule has 0 saturated carbocycles. The number of benzene rings is 1. The Balaban J connectivity index is 1.71. The zero-order valence-electron chi connectivity index (χ0n) is 14.1.